The maximum absolute atomic E-state index is 5.97. The molecule has 4 nitrogen and oxygen atoms in total. The van der Waals surface area contributed by atoms with E-state index in [9.17, 15) is 0 Å². The molecule has 0 spiro atoms. The minimum Gasteiger partial charge on any atom is -0.332 e. The van der Waals surface area contributed by atoms with E-state index >= 15 is 0 Å². The second kappa shape index (κ2) is 5.27. The summed E-state index contributed by atoms with van der Waals surface area (Å²) >= 11 is 3.36. The van der Waals surface area contributed by atoms with Crippen LogP contribution in [0.25, 0.3) is 0 Å². The monoisotopic (exact) mass is 318 g/mol. The highest BCUT2D eigenvalue weighted by Crippen LogP contribution is 2.31. The Morgan fingerprint density at radius 3 is 2.74 bits per heavy atom. The summed E-state index contributed by atoms with van der Waals surface area (Å²) in [6.45, 7) is 1.47. The molecule has 1 aromatic carbocycles. The number of halogens is 1. The van der Waals surface area contributed by atoms with Gasteiger partial charge in [0.25, 0.3) is 0 Å². The van der Waals surface area contributed by atoms with Crippen LogP contribution < -0.4 is 10.6 Å². The minimum absolute atomic E-state index is 0.158. The van der Waals surface area contributed by atoms with Crippen LogP contribution in [0, 0.1) is 0 Å². The quantitative estimate of drug-likeness (QED) is 0.923. The van der Waals surface area contributed by atoms with E-state index in [1.807, 2.05) is 0 Å². The third kappa shape index (κ3) is 2.35. The number of hydrogen-bond acceptors (Lipinski definition) is 4. The molecule has 3 rings (SSSR count). The van der Waals surface area contributed by atoms with Crippen LogP contribution in [0.2, 0.25) is 0 Å². The van der Waals surface area contributed by atoms with Gasteiger partial charge in [0.05, 0.1) is 10.5 Å². The van der Waals surface area contributed by atoms with Gasteiger partial charge < -0.3 is 10.6 Å². The average molecular weight is 319 g/mol. The summed E-state index contributed by atoms with van der Waals surface area (Å²) in [5, 5.41) is 0. The lowest BCUT2D eigenvalue weighted by atomic mass is 9.93. The molecule has 5 heteroatoms. The first-order chi connectivity index (χ1) is 9.29. The summed E-state index contributed by atoms with van der Waals surface area (Å²) in [5.74, 6) is 0.744. The fourth-order valence-electron chi connectivity index (χ4n) is 2.60. The lowest BCUT2D eigenvalue weighted by Gasteiger charge is -2.36. The molecule has 0 saturated carbocycles. The Bertz CT molecular complexity index is 570. The van der Waals surface area contributed by atoms with Crippen LogP contribution in [-0.2, 0) is 6.42 Å². The Hall–Kier alpha value is -1.46. The molecule has 0 aliphatic carbocycles. The van der Waals surface area contributed by atoms with Crippen molar-refractivity contribution in [2.45, 2.75) is 12.5 Å². The van der Waals surface area contributed by atoms with E-state index in [4.69, 9.17) is 5.73 Å². The maximum Gasteiger partial charge on any atom is 0.225 e. The molecule has 1 aliphatic heterocycles. The van der Waals surface area contributed by atoms with Crippen molar-refractivity contribution in [3.8, 4) is 0 Å². The topological polar surface area (TPSA) is 55.0 Å². The molecule has 98 valence electrons. The first-order valence-corrected chi connectivity index (χ1v) is 7.11. The summed E-state index contributed by atoms with van der Waals surface area (Å²) < 4.78 is 0.887. The molecule has 1 aromatic heterocycles. The molecule has 0 saturated heterocycles. The van der Waals surface area contributed by atoms with Gasteiger partial charge in [-0.15, -0.1) is 0 Å². The number of hydrogen-bond donors (Lipinski definition) is 1. The van der Waals surface area contributed by atoms with Crippen LogP contribution in [0.1, 0.15) is 17.2 Å². The Morgan fingerprint density at radius 2 is 2.00 bits per heavy atom. The third-order valence-electron chi connectivity index (χ3n) is 3.50. The Kier molecular flexibility index (Phi) is 3.48. The fourth-order valence-corrected chi connectivity index (χ4v) is 2.80. The van der Waals surface area contributed by atoms with Gasteiger partial charge in [0.15, 0.2) is 0 Å². The van der Waals surface area contributed by atoms with Crippen molar-refractivity contribution in [3.63, 3.8) is 0 Å². The summed E-state index contributed by atoms with van der Waals surface area (Å²) in [5.41, 5.74) is 8.64. The van der Waals surface area contributed by atoms with E-state index in [0.717, 1.165) is 23.4 Å². The summed E-state index contributed by atoms with van der Waals surface area (Å²) in [4.78, 5) is 11.0. The second-order valence-electron chi connectivity index (χ2n) is 4.59. The van der Waals surface area contributed by atoms with Crippen molar-refractivity contribution in [2.75, 3.05) is 18.0 Å². The molecule has 0 radical (unpaired) electrons. The van der Waals surface area contributed by atoms with Gasteiger partial charge in [0.2, 0.25) is 5.95 Å². The SMILES string of the molecule is NCC1c2ccccc2CCN1c1ncc(Br)cn1. The van der Waals surface area contributed by atoms with E-state index in [-0.39, 0.29) is 6.04 Å². The lowest BCUT2D eigenvalue weighted by Crippen LogP contribution is -2.40. The molecule has 1 aliphatic rings. The van der Waals surface area contributed by atoms with E-state index < -0.39 is 0 Å². The summed E-state index contributed by atoms with van der Waals surface area (Å²) in [7, 11) is 0. The van der Waals surface area contributed by atoms with Crippen LogP contribution in [0.5, 0.6) is 0 Å². The standard InChI is InChI=1S/C14H15BrN4/c15-11-8-17-14(18-9-11)19-6-5-10-3-1-2-4-12(10)13(19)7-16/h1-4,8-9,13H,5-7,16H2. The zero-order chi connectivity index (χ0) is 13.2. The van der Waals surface area contributed by atoms with Crippen LogP contribution in [0.15, 0.2) is 41.1 Å². The van der Waals surface area contributed by atoms with Crippen LogP contribution >= 0.6 is 15.9 Å². The molecule has 1 atom stereocenters. The summed E-state index contributed by atoms with van der Waals surface area (Å²) in [6.07, 6.45) is 4.55. The van der Waals surface area contributed by atoms with Gasteiger partial charge in [0.1, 0.15) is 0 Å². The first-order valence-electron chi connectivity index (χ1n) is 6.31. The van der Waals surface area contributed by atoms with Gasteiger partial charge in [-0.1, -0.05) is 24.3 Å². The van der Waals surface area contributed by atoms with E-state index in [2.05, 4.69) is 55.1 Å². The third-order valence-corrected chi connectivity index (χ3v) is 3.91. The maximum atomic E-state index is 5.97. The van der Waals surface area contributed by atoms with Gasteiger partial charge in [0, 0.05) is 25.5 Å². The molecule has 0 amide bonds. The van der Waals surface area contributed by atoms with Gasteiger partial charge >= 0.3 is 0 Å². The highest BCUT2D eigenvalue weighted by molar-refractivity contribution is 9.10. The van der Waals surface area contributed by atoms with E-state index in [1.165, 1.54) is 11.1 Å². The molecule has 0 bridgehead atoms. The Labute approximate surface area is 120 Å². The number of nitrogens with two attached hydrogens (primary N) is 1. The van der Waals surface area contributed by atoms with Crippen molar-refractivity contribution in [2.24, 2.45) is 5.73 Å². The normalized spacial score (nSPS) is 18.2. The van der Waals surface area contributed by atoms with Crippen molar-refractivity contribution in [1.82, 2.24) is 9.97 Å². The van der Waals surface area contributed by atoms with Gasteiger partial charge in [-0.2, -0.15) is 0 Å². The van der Waals surface area contributed by atoms with Crippen LogP contribution in [-0.4, -0.2) is 23.1 Å². The van der Waals surface area contributed by atoms with Gasteiger partial charge in [-0.05, 0) is 33.5 Å². The highest BCUT2D eigenvalue weighted by Gasteiger charge is 2.27. The Morgan fingerprint density at radius 1 is 1.26 bits per heavy atom. The van der Waals surface area contributed by atoms with Gasteiger partial charge in [-0.3, -0.25) is 0 Å². The van der Waals surface area contributed by atoms with Gasteiger partial charge in [-0.25, -0.2) is 9.97 Å². The van der Waals surface area contributed by atoms with Crippen molar-refractivity contribution >= 4 is 21.9 Å². The second-order valence-corrected chi connectivity index (χ2v) is 5.51. The van der Waals surface area contributed by atoms with Crippen molar-refractivity contribution in [3.05, 3.63) is 52.3 Å². The number of anilines is 1. The molecule has 1 unspecified atom stereocenters. The molecule has 19 heavy (non-hydrogen) atoms. The fraction of sp³-hybridized carbons (Fsp3) is 0.286. The highest BCUT2D eigenvalue weighted by atomic mass is 79.9. The smallest absolute Gasteiger partial charge is 0.225 e. The first kappa shape index (κ1) is 12.6. The number of benzene rings is 1. The predicted octanol–water partition coefficient (Wildman–Crippen LogP) is 2.30. The van der Waals surface area contributed by atoms with Crippen LogP contribution in [0.4, 0.5) is 5.95 Å². The lowest BCUT2D eigenvalue weighted by molar-refractivity contribution is 0.576. The van der Waals surface area contributed by atoms with Crippen molar-refractivity contribution in [1.29, 1.82) is 0 Å². The minimum atomic E-state index is 0.158. The van der Waals surface area contributed by atoms with E-state index in [1.54, 1.807) is 12.4 Å². The molecular weight excluding hydrogens is 304 g/mol. The molecule has 2 aromatic rings. The van der Waals surface area contributed by atoms with E-state index in [0.29, 0.717) is 6.54 Å². The zero-order valence-electron chi connectivity index (χ0n) is 10.5. The average Bonchev–Trinajstić information content (AvgIpc) is 2.47. The molecule has 0 fully saturated rings. The predicted molar refractivity (Wildman–Crippen MR) is 79.0 cm³/mol. The number of rotatable bonds is 2. The Balaban J connectivity index is 1.98. The van der Waals surface area contributed by atoms with Crippen molar-refractivity contribution < 1.29 is 0 Å². The molecular formula is C14H15BrN4. The largest absolute Gasteiger partial charge is 0.332 e. The molecule has 2 heterocycles. The number of nitrogens with zero attached hydrogens (tertiary/aromatic N) is 3. The molecule has 2 N–H and O–H groups in total. The summed E-state index contributed by atoms with van der Waals surface area (Å²) in [6, 6.07) is 8.63. The van der Waals surface area contributed by atoms with Crippen LogP contribution in [0.3, 0.4) is 0 Å². The zero-order valence-corrected chi connectivity index (χ0v) is 12.0. The number of aromatic nitrogens is 2. The number of fused-ring (bicyclic) bond motifs is 1.